The summed E-state index contributed by atoms with van der Waals surface area (Å²) < 4.78 is 2.17. The Morgan fingerprint density at radius 2 is 1.76 bits per heavy atom. The Morgan fingerprint density at radius 3 is 2.60 bits per heavy atom. The molecule has 0 fully saturated rings. The topological polar surface area (TPSA) is 30.0 Å². The number of nitrogens with zero attached hydrogens (tertiary/aromatic N) is 1. The molecule has 4 heteroatoms. The maximum atomic E-state index is 12.6. The summed E-state index contributed by atoms with van der Waals surface area (Å²) in [6.07, 6.45) is 0.402. The quantitative estimate of drug-likeness (QED) is 0.279. The molecule has 0 aliphatic rings. The van der Waals surface area contributed by atoms with Gasteiger partial charge in [-0.2, -0.15) is 0 Å². The zero-order valence-corrected chi connectivity index (χ0v) is 16.3. The van der Waals surface area contributed by atoms with Gasteiger partial charge in [-0.1, -0.05) is 48.5 Å². The van der Waals surface area contributed by atoms with E-state index < -0.39 is 0 Å². The third kappa shape index (κ3) is 3.50. The second-order valence-corrected chi connectivity index (χ2v) is 7.96. The lowest BCUT2D eigenvalue weighted by atomic mass is 10.0. The molecule has 3 aromatic carbocycles. The molecule has 0 saturated heterocycles. The van der Waals surface area contributed by atoms with Crippen LogP contribution in [0, 0.1) is 3.57 Å². The minimum absolute atomic E-state index is 0.145. The van der Waals surface area contributed by atoms with Crippen LogP contribution in [0.5, 0.6) is 0 Å². The van der Waals surface area contributed by atoms with Gasteiger partial charge in [-0.25, -0.2) is 4.98 Å². The van der Waals surface area contributed by atoms with E-state index in [1.807, 2.05) is 54.6 Å². The third-order valence-electron chi connectivity index (χ3n) is 4.01. The average molecular weight is 455 g/mol. The first-order valence-corrected chi connectivity index (χ1v) is 9.83. The number of hydrogen-bond donors (Lipinski definition) is 0. The van der Waals surface area contributed by atoms with Gasteiger partial charge in [0.25, 0.3) is 0 Å². The molecule has 0 unspecified atom stereocenters. The number of fused-ring (bicyclic) bond motifs is 1. The molecule has 4 aromatic rings. The minimum Gasteiger partial charge on any atom is -0.294 e. The van der Waals surface area contributed by atoms with E-state index >= 15 is 0 Å². The van der Waals surface area contributed by atoms with Crippen LogP contribution in [0.2, 0.25) is 0 Å². The zero-order valence-electron chi connectivity index (χ0n) is 13.3. The maximum Gasteiger partial charge on any atom is 0.168 e. The van der Waals surface area contributed by atoms with Crippen molar-refractivity contribution in [1.82, 2.24) is 4.98 Å². The van der Waals surface area contributed by atoms with Crippen LogP contribution in [0.3, 0.4) is 0 Å². The molecule has 0 N–H and O–H groups in total. The van der Waals surface area contributed by atoms with Gasteiger partial charge >= 0.3 is 0 Å². The Morgan fingerprint density at radius 1 is 0.960 bits per heavy atom. The van der Waals surface area contributed by atoms with E-state index in [2.05, 4.69) is 40.8 Å². The molecule has 0 atom stereocenters. The Hall–Kier alpha value is -2.05. The van der Waals surface area contributed by atoms with Crippen LogP contribution in [0.4, 0.5) is 0 Å². The summed E-state index contributed by atoms with van der Waals surface area (Å²) in [4.78, 5) is 17.3. The van der Waals surface area contributed by atoms with Crippen LogP contribution in [-0.2, 0) is 6.42 Å². The third-order valence-corrected chi connectivity index (χ3v) is 6.03. The van der Waals surface area contributed by atoms with Gasteiger partial charge in [0.2, 0.25) is 0 Å². The minimum atomic E-state index is 0.145. The summed E-state index contributed by atoms with van der Waals surface area (Å²) in [5.41, 5.74) is 3.88. The van der Waals surface area contributed by atoms with Gasteiger partial charge in [0.15, 0.2) is 5.78 Å². The van der Waals surface area contributed by atoms with E-state index in [0.717, 1.165) is 30.8 Å². The first kappa shape index (κ1) is 16.4. The first-order valence-electron chi connectivity index (χ1n) is 7.93. The summed E-state index contributed by atoms with van der Waals surface area (Å²) in [5, 5.41) is 0.991. The number of hydrogen-bond acceptors (Lipinski definition) is 3. The number of rotatable bonds is 4. The SMILES string of the molecule is O=C(Cc1cccc(-c2nc3ccccc3s2)c1)c1ccccc1I. The Bertz CT molecular complexity index is 1040. The van der Waals surface area contributed by atoms with Crippen molar-refractivity contribution in [2.45, 2.75) is 6.42 Å². The molecule has 2 nitrogen and oxygen atoms in total. The number of carbonyl (C=O) groups is 1. The van der Waals surface area contributed by atoms with Gasteiger partial charge in [0, 0.05) is 21.1 Å². The number of ketones is 1. The van der Waals surface area contributed by atoms with Gasteiger partial charge in [0.1, 0.15) is 5.01 Å². The van der Waals surface area contributed by atoms with Crippen molar-refractivity contribution >= 4 is 49.9 Å². The summed E-state index contributed by atoms with van der Waals surface area (Å²) in [6, 6.07) is 24.0. The van der Waals surface area contributed by atoms with Crippen molar-refractivity contribution in [3.63, 3.8) is 0 Å². The fraction of sp³-hybridized carbons (Fsp3) is 0.0476. The number of benzene rings is 3. The van der Waals surface area contributed by atoms with E-state index in [4.69, 9.17) is 4.98 Å². The predicted octanol–water partition coefficient (Wildman–Crippen LogP) is 5.99. The van der Waals surface area contributed by atoms with Crippen molar-refractivity contribution in [3.05, 3.63) is 87.5 Å². The Kier molecular flexibility index (Phi) is 4.63. The lowest BCUT2D eigenvalue weighted by Gasteiger charge is -2.05. The van der Waals surface area contributed by atoms with E-state index in [9.17, 15) is 4.79 Å². The highest BCUT2D eigenvalue weighted by molar-refractivity contribution is 14.1. The van der Waals surface area contributed by atoms with Crippen LogP contribution < -0.4 is 0 Å². The molecular formula is C21H14INOS. The molecule has 0 aliphatic heterocycles. The molecule has 0 aliphatic carbocycles. The van der Waals surface area contributed by atoms with E-state index in [1.165, 1.54) is 4.70 Å². The monoisotopic (exact) mass is 455 g/mol. The molecular weight excluding hydrogens is 441 g/mol. The summed E-state index contributed by atoms with van der Waals surface area (Å²) in [5.74, 6) is 0.145. The average Bonchev–Trinajstić information content (AvgIpc) is 3.06. The number of para-hydroxylation sites is 1. The van der Waals surface area contributed by atoms with Crippen molar-refractivity contribution in [2.75, 3.05) is 0 Å². The molecule has 4 rings (SSSR count). The number of Topliss-reactive ketones (excluding diaryl/α,β-unsaturated/α-hetero) is 1. The smallest absolute Gasteiger partial charge is 0.168 e. The highest BCUT2D eigenvalue weighted by Gasteiger charge is 2.12. The van der Waals surface area contributed by atoms with Gasteiger partial charge in [-0.3, -0.25) is 4.79 Å². The molecule has 25 heavy (non-hydrogen) atoms. The maximum absolute atomic E-state index is 12.6. The second-order valence-electron chi connectivity index (χ2n) is 5.77. The van der Waals surface area contributed by atoms with Gasteiger partial charge in [-0.05, 0) is 52.4 Å². The normalized spacial score (nSPS) is 10.9. The van der Waals surface area contributed by atoms with Gasteiger partial charge in [0.05, 0.1) is 10.2 Å². The second kappa shape index (κ2) is 7.06. The zero-order chi connectivity index (χ0) is 17.2. The number of aromatic nitrogens is 1. The van der Waals surface area contributed by atoms with E-state index in [1.54, 1.807) is 11.3 Å². The standard InChI is InChI=1S/C21H14INOS/c22-17-9-2-1-8-16(17)19(24)13-14-6-5-7-15(12-14)21-23-18-10-3-4-11-20(18)25-21/h1-12H,13H2. The first-order chi connectivity index (χ1) is 12.2. The van der Waals surface area contributed by atoms with Crippen LogP contribution in [0.1, 0.15) is 15.9 Å². The van der Waals surface area contributed by atoms with Crippen molar-refractivity contribution in [2.24, 2.45) is 0 Å². The van der Waals surface area contributed by atoms with Crippen LogP contribution >= 0.6 is 33.9 Å². The predicted molar refractivity (Wildman–Crippen MR) is 112 cm³/mol. The molecule has 122 valence electrons. The summed E-state index contributed by atoms with van der Waals surface area (Å²) in [7, 11) is 0. The van der Waals surface area contributed by atoms with Crippen molar-refractivity contribution < 1.29 is 4.79 Å². The molecule has 0 radical (unpaired) electrons. The number of thiazole rings is 1. The summed E-state index contributed by atoms with van der Waals surface area (Å²) in [6.45, 7) is 0. The molecule has 0 bridgehead atoms. The molecule has 0 saturated carbocycles. The van der Waals surface area contributed by atoms with Gasteiger partial charge < -0.3 is 0 Å². The molecule has 0 spiro atoms. The molecule has 1 heterocycles. The molecule has 0 amide bonds. The highest BCUT2D eigenvalue weighted by Crippen LogP contribution is 2.30. The number of halogens is 1. The van der Waals surface area contributed by atoms with E-state index in [0.29, 0.717) is 6.42 Å². The number of carbonyl (C=O) groups excluding carboxylic acids is 1. The fourth-order valence-electron chi connectivity index (χ4n) is 2.78. The van der Waals surface area contributed by atoms with Crippen LogP contribution in [0.25, 0.3) is 20.8 Å². The highest BCUT2D eigenvalue weighted by atomic mass is 127. The van der Waals surface area contributed by atoms with Crippen LogP contribution in [0.15, 0.2) is 72.8 Å². The Balaban J connectivity index is 1.63. The lowest BCUT2D eigenvalue weighted by molar-refractivity contribution is 0.0992. The lowest BCUT2D eigenvalue weighted by Crippen LogP contribution is -2.05. The Labute approximate surface area is 163 Å². The van der Waals surface area contributed by atoms with E-state index in [-0.39, 0.29) is 5.78 Å². The van der Waals surface area contributed by atoms with Crippen molar-refractivity contribution in [1.29, 1.82) is 0 Å². The largest absolute Gasteiger partial charge is 0.294 e. The molecule has 1 aromatic heterocycles. The van der Waals surface area contributed by atoms with Crippen molar-refractivity contribution in [3.8, 4) is 10.6 Å². The summed E-state index contributed by atoms with van der Waals surface area (Å²) >= 11 is 3.89. The van der Waals surface area contributed by atoms with Gasteiger partial charge in [-0.15, -0.1) is 11.3 Å². The fourth-order valence-corrected chi connectivity index (χ4v) is 4.43. The van der Waals surface area contributed by atoms with Crippen LogP contribution in [-0.4, -0.2) is 10.8 Å².